The van der Waals surface area contributed by atoms with E-state index in [0.717, 1.165) is 6.42 Å². The summed E-state index contributed by atoms with van der Waals surface area (Å²) in [6, 6.07) is 10.1. The van der Waals surface area contributed by atoms with E-state index < -0.39 is 11.5 Å². The molecule has 0 saturated carbocycles. The Morgan fingerprint density at radius 1 is 1.22 bits per heavy atom. The van der Waals surface area contributed by atoms with Gasteiger partial charge in [-0.15, -0.1) is 0 Å². The Kier molecular flexibility index (Phi) is 8.33. The average Bonchev–Trinajstić information content (AvgIpc) is 2.51. The first kappa shape index (κ1) is 19.2. The van der Waals surface area contributed by atoms with Crippen LogP contribution in [0.25, 0.3) is 0 Å². The van der Waals surface area contributed by atoms with E-state index in [1.165, 1.54) is 5.56 Å². The molecule has 2 N–H and O–H groups in total. The molecule has 5 heteroatoms. The van der Waals surface area contributed by atoms with Gasteiger partial charge in [0.05, 0.1) is 13.0 Å². The summed E-state index contributed by atoms with van der Waals surface area (Å²) in [6.07, 6.45) is 2.36. The van der Waals surface area contributed by atoms with Gasteiger partial charge in [0, 0.05) is 18.6 Å². The third-order valence-corrected chi connectivity index (χ3v) is 3.83. The molecule has 0 aliphatic heterocycles. The number of amides is 1. The van der Waals surface area contributed by atoms with Crippen LogP contribution in [0.1, 0.15) is 45.1 Å². The number of carbonyl (C=O) groups excluding carboxylic acids is 1. The maximum Gasteiger partial charge on any atom is 0.305 e. The Morgan fingerprint density at radius 2 is 1.91 bits per heavy atom. The zero-order valence-electron chi connectivity index (χ0n) is 14.0. The Hall–Kier alpha value is -1.88. The molecule has 0 unspecified atom stereocenters. The summed E-state index contributed by atoms with van der Waals surface area (Å²) in [7, 11) is 0. The highest BCUT2D eigenvalue weighted by Crippen LogP contribution is 2.14. The second-order valence-electron chi connectivity index (χ2n) is 5.98. The fraction of sp³-hybridized carbons (Fsp3) is 0.556. The van der Waals surface area contributed by atoms with Crippen molar-refractivity contribution in [3.63, 3.8) is 0 Å². The third-order valence-electron chi connectivity index (χ3n) is 3.83. The van der Waals surface area contributed by atoms with Crippen LogP contribution >= 0.6 is 0 Å². The highest BCUT2D eigenvalue weighted by molar-refractivity contribution is 5.78. The van der Waals surface area contributed by atoms with Crippen LogP contribution in [-0.4, -0.2) is 35.7 Å². The number of benzene rings is 1. The molecule has 0 aromatic heterocycles. The Balaban J connectivity index is 2.15. The Bertz CT molecular complexity index is 489. The van der Waals surface area contributed by atoms with Gasteiger partial charge in [-0.25, -0.2) is 0 Å². The van der Waals surface area contributed by atoms with Crippen molar-refractivity contribution in [3.05, 3.63) is 35.9 Å². The number of ether oxygens (including phenoxy) is 1. The predicted octanol–water partition coefficient (Wildman–Crippen LogP) is 2.79. The average molecular weight is 321 g/mol. The van der Waals surface area contributed by atoms with Crippen molar-refractivity contribution in [3.8, 4) is 0 Å². The van der Waals surface area contributed by atoms with Crippen LogP contribution in [0.5, 0.6) is 0 Å². The minimum atomic E-state index is -0.904. The fourth-order valence-electron chi connectivity index (χ4n) is 2.26. The molecule has 0 aliphatic rings. The van der Waals surface area contributed by atoms with E-state index in [1.54, 1.807) is 6.92 Å². The molecule has 5 nitrogen and oxygen atoms in total. The summed E-state index contributed by atoms with van der Waals surface area (Å²) in [5.41, 5.74) is 0.550. The van der Waals surface area contributed by atoms with Crippen molar-refractivity contribution in [2.75, 3.05) is 13.2 Å². The molecular formula is C18H27NO4. The topological polar surface area (TPSA) is 75.6 Å². The molecule has 0 spiro atoms. The van der Waals surface area contributed by atoms with Crippen LogP contribution in [0.3, 0.4) is 0 Å². The lowest BCUT2D eigenvalue weighted by atomic mass is 9.94. The van der Waals surface area contributed by atoms with Crippen molar-refractivity contribution in [1.82, 2.24) is 5.32 Å². The molecule has 0 radical (unpaired) electrons. The number of hydrogen-bond donors (Lipinski definition) is 2. The first-order valence-electron chi connectivity index (χ1n) is 8.09. The third kappa shape index (κ3) is 8.35. The molecular weight excluding hydrogens is 294 g/mol. The second-order valence-corrected chi connectivity index (χ2v) is 5.98. The molecule has 0 saturated heterocycles. The molecule has 1 amide bonds. The number of rotatable bonds is 11. The van der Waals surface area contributed by atoms with Gasteiger partial charge in [-0.3, -0.25) is 9.59 Å². The molecule has 0 aliphatic carbocycles. The smallest absolute Gasteiger partial charge is 0.305 e. The second kappa shape index (κ2) is 10.0. The van der Waals surface area contributed by atoms with Crippen LogP contribution in [0, 0.1) is 0 Å². The molecule has 1 atom stereocenters. The fourth-order valence-corrected chi connectivity index (χ4v) is 2.26. The molecule has 23 heavy (non-hydrogen) atoms. The normalized spacial score (nSPS) is 13.3. The SMILES string of the molecule is CC[C@](C)(CC(=O)O)NC(=O)CCCOCCc1ccccc1. The largest absolute Gasteiger partial charge is 0.481 e. The monoisotopic (exact) mass is 321 g/mol. The molecule has 0 heterocycles. The van der Waals surface area contributed by atoms with Gasteiger partial charge in [0.1, 0.15) is 0 Å². The van der Waals surface area contributed by atoms with Gasteiger partial charge in [0.15, 0.2) is 0 Å². The standard InChI is InChI=1S/C18H27NO4/c1-3-18(2,14-17(21)22)19-16(20)10-7-12-23-13-11-15-8-5-4-6-9-15/h4-6,8-9H,3,7,10-14H2,1-2H3,(H,19,20)(H,21,22)/t18-/m1/s1. The molecule has 1 aromatic rings. The number of hydrogen-bond acceptors (Lipinski definition) is 3. The molecule has 128 valence electrons. The van der Waals surface area contributed by atoms with Crippen molar-refractivity contribution < 1.29 is 19.4 Å². The van der Waals surface area contributed by atoms with Gasteiger partial charge in [-0.1, -0.05) is 37.3 Å². The summed E-state index contributed by atoms with van der Waals surface area (Å²) in [6.45, 7) is 4.80. The van der Waals surface area contributed by atoms with Crippen LogP contribution < -0.4 is 5.32 Å². The lowest BCUT2D eigenvalue weighted by Crippen LogP contribution is -2.47. The first-order valence-corrected chi connectivity index (χ1v) is 8.09. The Labute approximate surface area is 138 Å². The van der Waals surface area contributed by atoms with E-state index in [0.29, 0.717) is 32.5 Å². The number of nitrogens with one attached hydrogen (secondary N) is 1. The Morgan fingerprint density at radius 3 is 2.52 bits per heavy atom. The van der Waals surface area contributed by atoms with E-state index in [1.807, 2.05) is 25.1 Å². The summed E-state index contributed by atoms with van der Waals surface area (Å²) in [5.74, 6) is -1.03. The van der Waals surface area contributed by atoms with Crippen molar-refractivity contribution in [2.45, 2.75) is 51.5 Å². The van der Waals surface area contributed by atoms with Gasteiger partial charge >= 0.3 is 5.97 Å². The summed E-state index contributed by atoms with van der Waals surface area (Å²) < 4.78 is 5.53. The van der Waals surface area contributed by atoms with Crippen molar-refractivity contribution in [2.24, 2.45) is 0 Å². The summed E-state index contributed by atoms with van der Waals surface area (Å²) in [4.78, 5) is 22.7. The highest BCUT2D eigenvalue weighted by Gasteiger charge is 2.27. The number of carboxylic acid groups (broad SMARTS) is 1. The van der Waals surface area contributed by atoms with Gasteiger partial charge in [-0.2, -0.15) is 0 Å². The van der Waals surface area contributed by atoms with Crippen LogP contribution in [0.4, 0.5) is 0 Å². The summed E-state index contributed by atoms with van der Waals surface area (Å²) in [5, 5.41) is 11.7. The van der Waals surface area contributed by atoms with Crippen LogP contribution in [0.2, 0.25) is 0 Å². The van der Waals surface area contributed by atoms with Gasteiger partial charge < -0.3 is 15.2 Å². The van der Waals surface area contributed by atoms with E-state index in [9.17, 15) is 9.59 Å². The molecule has 1 aromatic carbocycles. The zero-order chi connectivity index (χ0) is 17.1. The van der Waals surface area contributed by atoms with Gasteiger partial charge in [0.25, 0.3) is 0 Å². The predicted molar refractivity (Wildman–Crippen MR) is 89.3 cm³/mol. The van der Waals surface area contributed by atoms with Crippen LogP contribution in [-0.2, 0) is 20.7 Å². The van der Waals surface area contributed by atoms with Gasteiger partial charge in [-0.05, 0) is 31.7 Å². The van der Waals surface area contributed by atoms with E-state index >= 15 is 0 Å². The van der Waals surface area contributed by atoms with Gasteiger partial charge in [0.2, 0.25) is 5.91 Å². The van der Waals surface area contributed by atoms with Crippen molar-refractivity contribution in [1.29, 1.82) is 0 Å². The molecule has 1 rings (SSSR count). The minimum absolute atomic E-state index is 0.0667. The number of carbonyl (C=O) groups is 2. The summed E-state index contributed by atoms with van der Waals surface area (Å²) >= 11 is 0. The van der Waals surface area contributed by atoms with E-state index in [4.69, 9.17) is 9.84 Å². The van der Waals surface area contributed by atoms with E-state index in [2.05, 4.69) is 17.4 Å². The van der Waals surface area contributed by atoms with Crippen LogP contribution in [0.15, 0.2) is 30.3 Å². The number of carboxylic acids is 1. The van der Waals surface area contributed by atoms with Crippen molar-refractivity contribution >= 4 is 11.9 Å². The van der Waals surface area contributed by atoms with E-state index in [-0.39, 0.29) is 12.3 Å². The quantitative estimate of drug-likeness (QED) is 0.615. The maximum absolute atomic E-state index is 11.9. The zero-order valence-corrected chi connectivity index (χ0v) is 14.0. The highest BCUT2D eigenvalue weighted by atomic mass is 16.5. The molecule has 0 bridgehead atoms. The lowest BCUT2D eigenvalue weighted by molar-refractivity contribution is -0.139. The number of aliphatic carboxylic acids is 1. The minimum Gasteiger partial charge on any atom is -0.481 e. The molecule has 0 fully saturated rings. The maximum atomic E-state index is 11.9. The lowest BCUT2D eigenvalue weighted by Gasteiger charge is -2.27. The first-order chi connectivity index (χ1) is 10.9.